The summed E-state index contributed by atoms with van der Waals surface area (Å²) in [5.74, 6) is -0.719. The van der Waals surface area contributed by atoms with Crippen LogP contribution in [0.1, 0.15) is 34.6 Å². The second kappa shape index (κ2) is 8.16. The first-order chi connectivity index (χ1) is 14.8. The van der Waals surface area contributed by atoms with Gasteiger partial charge in [-0.2, -0.15) is 5.10 Å². The van der Waals surface area contributed by atoms with E-state index in [1.807, 2.05) is 6.92 Å². The van der Waals surface area contributed by atoms with Gasteiger partial charge >= 0.3 is 0 Å². The third kappa shape index (κ3) is 4.19. The molecule has 0 aliphatic rings. The highest BCUT2D eigenvalue weighted by atomic mass is 32.2. The van der Waals surface area contributed by atoms with Crippen LogP contribution in [0.2, 0.25) is 0 Å². The van der Waals surface area contributed by atoms with Crippen molar-refractivity contribution in [2.24, 2.45) is 0 Å². The smallest absolute Gasteiger partial charge is 0.254 e. The van der Waals surface area contributed by atoms with E-state index in [1.54, 1.807) is 29.2 Å². The zero-order valence-corrected chi connectivity index (χ0v) is 18.2. The van der Waals surface area contributed by atoms with Crippen molar-refractivity contribution in [2.75, 3.05) is 6.26 Å². The van der Waals surface area contributed by atoms with Gasteiger partial charge in [0, 0.05) is 28.9 Å². The van der Waals surface area contributed by atoms with Gasteiger partial charge < -0.3 is 5.32 Å². The molecule has 0 saturated carbocycles. The van der Waals surface area contributed by atoms with Gasteiger partial charge in [0.1, 0.15) is 5.82 Å². The fourth-order valence-electron chi connectivity index (χ4n) is 3.12. The third-order valence-electron chi connectivity index (χ3n) is 4.69. The summed E-state index contributed by atoms with van der Waals surface area (Å²) >= 11 is 1.04. The van der Waals surface area contributed by atoms with Crippen LogP contribution >= 0.6 is 11.3 Å². The number of fused-ring (bicyclic) bond motifs is 1. The Morgan fingerprint density at radius 3 is 2.58 bits per heavy atom. The lowest BCUT2D eigenvalue weighted by Gasteiger charge is -2.15. The van der Waals surface area contributed by atoms with Gasteiger partial charge in [-0.05, 0) is 30.7 Å². The number of pyridine rings is 1. The Morgan fingerprint density at radius 2 is 1.94 bits per heavy atom. The van der Waals surface area contributed by atoms with E-state index in [0.29, 0.717) is 33.5 Å². The van der Waals surface area contributed by atoms with Gasteiger partial charge in [-0.15, -0.1) is 11.3 Å². The molecule has 3 heterocycles. The minimum Gasteiger partial charge on any atom is -0.344 e. The summed E-state index contributed by atoms with van der Waals surface area (Å²) in [6, 6.07) is 5.44. The van der Waals surface area contributed by atoms with Crippen LogP contribution in [0, 0.1) is 5.82 Å². The molecule has 11 heteroatoms. The van der Waals surface area contributed by atoms with E-state index in [0.717, 1.165) is 17.6 Å². The van der Waals surface area contributed by atoms with Crippen LogP contribution in [0.3, 0.4) is 0 Å². The normalized spacial score (nSPS) is 12.7. The number of nitrogens with one attached hydrogen (secondary N) is 1. The van der Waals surface area contributed by atoms with Crippen LogP contribution in [0.25, 0.3) is 16.6 Å². The minimum absolute atomic E-state index is 0.0135. The van der Waals surface area contributed by atoms with E-state index in [2.05, 4.69) is 20.4 Å². The maximum Gasteiger partial charge on any atom is 0.254 e. The van der Waals surface area contributed by atoms with E-state index < -0.39 is 15.9 Å². The highest BCUT2D eigenvalue weighted by Crippen LogP contribution is 2.27. The fourth-order valence-corrected chi connectivity index (χ4v) is 5.04. The number of carbonyl (C=O) groups excluding carboxylic acids is 1. The molecule has 31 heavy (non-hydrogen) atoms. The minimum atomic E-state index is -3.41. The number of rotatable bonds is 6. The van der Waals surface area contributed by atoms with E-state index >= 15 is 0 Å². The van der Waals surface area contributed by atoms with Crippen LogP contribution in [-0.4, -0.2) is 40.3 Å². The molecule has 160 valence electrons. The van der Waals surface area contributed by atoms with Gasteiger partial charge in [-0.1, -0.05) is 6.92 Å². The van der Waals surface area contributed by atoms with E-state index in [1.165, 1.54) is 24.5 Å². The van der Waals surface area contributed by atoms with Crippen molar-refractivity contribution >= 4 is 38.0 Å². The largest absolute Gasteiger partial charge is 0.344 e. The molecule has 0 spiro atoms. The average Bonchev–Trinajstić information content (AvgIpc) is 3.39. The highest BCUT2D eigenvalue weighted by Gasteiger charge is 2.22. The Balaban J connectivity index is 1.64. The molecule has 1 atom stereocenters. The maximum absolute atomic E-state index is 13.2. The topological polar surface area (TPSA) is 107 Å². The molecule has 0 bridgehead atoms. The number of carbonyl (C=O) groups is 1. The van der Waals surface area contributed by atoms with Crippen molar-refractivity contribution in [1.82, 2.24) is 25.1 Å². The molecule has 0 aliphatic carbocycles. The molecule has 4 aromatic rings. The summed E-state index contributed by atoms with van der Waals surface area (Å²) < 4.78 is 38.3. The zero-order valence-electron chi connectivity index (χ0n) is 16.6. The number of thiazole rings is 1. The predicted molar refractivity (Wildman–Crippen MR) is 115 cm³/mol. The van der Waals surface area contributed by atoms with Crippen LogP contribution < -0.4 is 5.32 Å². The highest BCUT2D eigenvalue weighted by molar-refractivity contribution is 7.92. The number of hydrogen-bond acceptors (Lipinski definition) is 7. The monoisotopic (exact) mass is 459 g/mol. The first kappa shape index (κ1) is 21.1. The number of nitrogens with zero attached hydrogens (tertiary/aromatic N) is 4. The number of sulfone groups is 1. The number of amides is 1. The van der Waals surface area contributed by atoms with Gasteiger partial charge in [-0.25, -0.2) is 22.5 Å². The molecule has 1 aromatic carbocycles. The summed E-state index contributed by atoms with van der Waals surface area (Å²) in [6.07, 6.45) is 7.72. The average molecular weight is 460 g/mol. The molecule has 1 unspecified atom stereocenters. The van der Waals surface area contributed by atoms with Crippen molar-refractivity contribution in [3.8, 4) is 5.69 Å². The van der Waals surface area contributed by atoms with Gasteiger partial charge in [0.15, 0.2) is 0 Å². The third-order valence-corrected chi connectivity index (χ3v) is 7.49. The van der Waals surface area contributed by atoms with Crippen molar-refractivity contribution in [2.45, 2.75) is 23.7 Å². The van der Waals surface area contributed by atoms with Crippen molar-refractivity contribution in [1.29, 1.82) is 0 Å². The molecular weight excluding hydrogens is 441 g/mol. The lowest BCUT2D eigenvalue weighted by atomic mass is 10.1. The first-order valence-electron chi connectivity index (χ1n) is 9.32. The van der Waals surface area contributed by atoms with Gasteiger partial charge in [0.25, 0.3) is 5.91 Å². The van der Waals surface area contributed by atoms with Gasteiger partial charge in [-0.3, -0.25) is 9.78 Å². The molecule has 8 nitrogen and oxygen atoms in total. The second-order valence-corrected chi connectivity index (χ2v) is 10.1. The zero-order chi connectivity index (χ0) is 22.2. The van der Waals surface area contributed by atoms with Crippen LogP contribution in [0.4, 0.5) is 4.39 Å². The standard InChI is InChI=1S/C20H18FN5O3S2/c1-3-16(18-11-23-20(30-18)31(2,28)29)25-19(27)15-8-22-10-17-14(15)9-24-26(17)13-6-4-12(21)5-7-13/h4-11,16H,3H2,1-2H3,(H,25,27). The molecular formula is C20H18FN5O3S2. The van der Waals surface area contributed by atoms with Crippen molar-refractivity contribution in [3.63, 3.8) is 0 Å². The quantitative estimate of drug-likeness (QED) is 0.474. The van der Waals surface area contributed by atoms with Crippen LogP contribution in [-0.2, 0) is 9.84 Å². The number of benzene rings is 1. The van der Waals surface area contributed by atoms with E-state index in [9.17, 15) is 17.6 Å². The molecule has 0 fully saturated rings. The van der Waals surface area contributed by atoms with Gasteiger partial charge in [0.05, 0.1) is 35.2 Å². The number of hydrogen-bond donors (Lipinski definition) is 1. The Bertz CT molecular complexity index is 1360. The van der Waals surface area contributed by atoms with Crippen molar-refractivity contribution < 1.29 is 17.6 Å². The molecule has 3 aromatic heterocycles. The fraction of sp³-hybridized carbons (Fsp3) is 0.200. The van der Waals surface area contributed by atoms with E-state index in [4.69, 9.17) is 0 Å². The maximum atomic E-state index is 13.2. The Morgan fingerprint density at radius 1 is 1.19 bits per heavy atom. The lowest BCUT2D eigenvalue weighted by molar-refractivity contribution is 0.0937. The predicted octanol–water partition coefficient (Wildman–Crippen LogP) is 3.30. The Hall–Kier alpha value is -3.18. The van der Waals surface area contributed by atoms with Gasteiger partial charge in [0.2, 0.25) is 14.2 Å². The molecule has 1 N–H and O–H groups in total. The van der Waals surface area contributed by atoms with Crippen molar-refractivity contribution in [3.05, 3.63) is 65.3 Å². The van der Waals surface area contributed by atoms with Crippen LogP contribution in [0.15, 0.2) is 53.4 Å². The summed E-state index contributed by atoms with van der Waals surface area (Å²) in [7, 11) is -3.41. The number of aromatic nitrogens is 4. The molecule has 1 amide bonds. The Labute approximate surface area is 181 Å². The molecule has 0 saturated heterocycles. The van der Waals surface area contributed by atoms with E-state index in [-0.39, 0.29) is 16.1 Å². The summed E-state index contributed by atoms with van der Waals surface area (Å²) in [5, 5.41) is 7.84. The molecule has 0 aliphatic heterocycles. The summed E-state index contributed by atoms with van der Waals surface area (Å²) in [6.45, 7) is 1.89. The lowest BCUT2D eigenvalue weighted by Crippen LogP contribution is -2.27. The molecule has 0 radical (unpaired) electrons. The summed E-state index contributed by atoms with van der Waals surface area (Å²) in [5.41, 5.74) is 1.57. The summed E-state index contributed by atoms with van der Waals surface area (Å²) in [4.78, 5) is 21.8. The Kier molecular flexibility index (Phi) is 5.54. The SMILES string of the molecule is CCC(NC(=O)c1cncc2c1cnn2-c1ccc(F)cc1)c1cnc(S(C)(=O)=O)s1. The first-order valence-corrected chi connectivity index (χ1v) is 12.0. The molecule has 4 rings (SSSR count). The number of halogens is 1. The van der Waals surface area contributed by atoms with Crippen LogP contribution in [0.5, 0.6) is 0 Å². The second-order valence-electron chi connectivity index (χ2n) is 6.89.